The minimum Gasteiger partial charge on any atom is -0.494 e. The molecule has 4 rings (SSSR count). The van der Waals surface area contributed by atoms with Crippen LogP contribution >= 0.6 is 11.8 Å². The summed E-state index contributed by atoms with van der Waals surface area (Å²) in [6, 6.07) is 8.06. The summed E-state index contributed by atoms with van der Waals surface area (Å²) in [5.74, 6) is 1.73. The molecule has 1 aliphatic carbocycles. The van der Waals surface area contributed by atoms with Crippen molar-refractivity contribution in [2.45, 2.75) is 43.9 Å². The van der Waals surface area contributed by atoms with E-state index in [1.165, 1.54) is 11.8 Å². The number of nitrogens with zero attached hydrogens (tertiary/aromatic N) is 1. The molecule has 2 aromatic rings. The highest BCUT2D eigenvalue weighted by molar-refractivity contribution is 8.00. The van der Waals surface area contributed by atoms with Gasteiger partial charge in [0, 0.05) is 0 Å². The van der Waals surface area contributed by atoms with Crippen molar-refractivity contribution >= 4 is 23.5 Å². The molecule has 1 amide bonds. The Morgan fingerprint density at radius 1 is 1.19 bits per heavy atom. The van der Waals surface area contributed by atoms with Crippen LogP contribution < -0.4 is 15.6 Å². The van der Waals surface area contributed by atoms with Crippen molar-refractivity contribution in [3.05, 3.63) is 45.7 Å². The number of hydrogen-bond donors (Lipinski definition) is 2. The van der Waals surface area contributed by atoms with Gasteiger partial charge in [-0.15, -0.1) is 11.8 Å². The fourth-order valence-electron chi connectivity index (χ4n) is 3.85. The Morgan fingerprint density at radius 3 is 2.62 bits per heavy atom. The molecule has 0 saturated heterocycles. The van der Waals surface area contributed by atoms with Crippen molar-refractivity contribution in [3.63, 3.8) is 0 Å². The van der Waals surface area contributed by atoms with Crippen molar-refractivity contribution in [2.75, 3.05) is 17.7 Å². The lowest BCUT2D eigenvalue weighted by Crippen LogP contribution is -2.18. The third-order valence-electron chi connectivity index (χ3n) is 5.05. The molecule has 2 N–H and O–H groups in total. The highest BCUT2D eigenvalue weighted by Crippen LogP contribution is 2.42. The van der Waals surface area contributed by atoms with E-state index in [9.17, 15) is 9.59 Å². The first-order valence-corrected chi connectivity index (χ1v) is 10.2. The van der Waals surface area contributed by atoms with Crippen LogP contribution in [0.1, 0.15) is 55.0 Å². The van der Waals surface area contributed by atoms with Crippen molar-refractivity contribution < 1.29 is 9.53 Å². The molecule has 26 heavy (non-hydrogen) atoms. The molecule has 2 aliphatic rings. The minimum absolute atomic E-state index is 0.0598. The van der Waals surface area contributed by atoms with Gasteiger partial charge < -0.3 is 10.1 Å². The smallest absolute Gasteiger partial charge is 0.270 e. The quantitative estimate of drug-likeness (QED) is 0.860. The van der Waals surface area contributed by atoms with E-state index in [1.54, 1.807) is 0 Å². The molecular weight excluding hydrogens is 350 g/mol. The summed E-state index contributed by atoms with van der Waals surface area (Å²) in [6.45, 7) is 2.56. The van der Waals surface area contributed by atoms with Crippen LogP contribution in [0.4, 0.5) is 5.82 Å². The van der Waals surface area contributed by atoms with Crippen molar-refractivity contribution in [2.24, 2.45) is 0 Å². The summed E-state index contributed by atoms with van der Waals surface area (Å²) in [5, 5.41) is 5.78. The second-order valence-electron chi connectivity index (χ2n) is 6.75. The van der Waals surface area contributed by atoms with E-state index in [0.717, 1.165) is 37.0 Å². The van der Waals surface area contributed by atoms with E-state index in [4.69, 9.17) is 4.74 Å². The molecule has 138 valence electrons. The second kappa shape index (κ2) is 7.23. The zero-order valence-electron chi connectivity index (χ0n) is 14.8. The number of carbonyl (C=O) groups excluding carboxylic acids is 1. The van der Waals surface area contributed by atoms with Gasteiger partial charge in [-0.05, 0) is 37.5 Å². The zero-order valence-corrected chi connectivity index (χ0v) is 15.6. The first-order chi connectivity index (χ1) is 12.7. The fourth-order valence-corrected chi connectivity index (χ4v) is 4.97. The maximum Gasteiger partial charge on any atom is 0.270 e. The lowest BCUT2D eigenvalue weighted by Gasteiger charge is -2.17. The molecule has 6 nitrogen and oxygen atoms in total. The topological polar surface area (TPSA) is 76.1 Å². The van der Waals surface area contributed by atoms with Gasteiger partial charge in [0.25, 0.3) is 5.56 Å². The predicted molar refractivity (Wildman–Crippen MR) is 103 cm³/mol. The largest absolute Gasteiger partial charge is 0.494 e. The normalized spacial score (nSPS) is 20.5. The molecule has 1 aliphatic heterocycles. The summed E-state index contributed by atoms with van der Waals surface area (Å²) in [6.07, 6.45) is 4.39. The lowest BCUT2D eigenvalue weighted by atomic mass is 10.1. The molecule has 1 saturated carbocycles. The summed E-state index contributed by atoms with van der Waals surface area (Å²) in [7, 11) is 0. The number of nitrogens with one attached hydrogen (secondary N) is 2. The first-order valence-electron chi connectivity index (χ1n) is 9.16. The number of fused-ring (bicyclic) bond motifs is 1. The molecule has 1 aromatic heterocycles. The van der Waals surface area contributed by atoms with E-state index in [1.807, 2.05) is 35.9 Å². The van der Waals surface area contributed by atoms with Gasteiger partial charge in [-0.25, -0.2) is 0 Å². The molecule has 0 spiro atoms. The number of amides is 1. The van der Waals surface area contributed by atoms with E-state index < -0.39 is 0 Å². The van der Waals surface area contributed by atoms with Crippen LogP contribution in [0.2, 0.25) is 0 Å². The monoisotopic (exact) mass is 373 g/mol. The Bertz CT molecular complexity index is 850. The summed E-state index contributed by atoms with van der Waals surface area (Å²) >= 11 is 1.49. The summed E-state index contributed by atoms with van der Waals surface area (Å²) in [5.41, 5.74) is 1.54. The number of thioether (sulfide) groups is 1. The maximum atomic E-state index is 12.8. The molecule has 0 radical (unpaired) electrons. The van der Waals surface area contributed by atoms with E-state index in [0.29, 0.717) is 23.7 Å². The Balaban J connectivity index is 1.76. The molecular formula is C19H23N3O3S. The van der Waals surface area contributed by atoms with Crippen LogP contribution in [-0.2, 0) is 4.79 Å². The van der Waals surface area contributed by atoms with Crippen LogP contribution in [0.5, 0.6) is 5.75 Å². The number of aromatic nitrogens is 2. The molecule has 1 atom stereocenters. The number of ether oxygens (including phenoxy) is 1. The van der Waals surface area contributed by atoms with Gasteiger partial charge in [0.15, 0.2) is 0 Å². The van der Waals surface area contributed by atoms with Crippen molar-refractivity contribution in [3.8, 4) is 5.75 Å². The number of aromatic amines is 1. The van der Waals surface area contributed by atoms with Crippen LogP contribution in [0, 0.1) is 0 Å². The number of benzene rings is 1. The molecule has 1 aromatic carbocycles. The average molecular weight is 373 g/mol. The van der Waals surface area contributed by atoms with Crippen LogP contribution in [0.25, 0.3) is 0 Å². The minimum atomic E-state index is -0.175. The number of carbonyl (C=O) groups is 1. The van der Waals surface area contributed by atoms with Crippen LogP contribution in [0.3, 0.4) is 0 Å². The van der Waals surface area contributed by atoms with Crippen molar-refractivity contribution in [1.82, 2.24) is 9.78 Å². The van der Waals surface area contributed by atoms with E-state index in [2.05, 4.69) is 10.4 Å². The highest BCUT2D eigenvalue weighted by atomic mass is 32.2. The Hall–Kier alpha value is -2.15. The Morgan fingerprint density at radius 2 is 1.92 bits per heavy atom. The lowest BCUT2D eigenvalue weighted by molar-refractivity contribution is -0.113. The SMILES string of the molecule is CCOc1ccc([C@H]2SCC(=O)Nc3c2c(=O)[nH]n3C2CCCC2)cc1. The Labute approximate surface area is 156 Å². The zero-order chi connectivity index (χ0) is 18.1. The highest BCUT2D eigenvalue weighted by Gasteiger charge is 2.32. The van der Waals surface area contributed by atoms with Gasteiger partial charge >= 0.3 is 0 Å². The fraction of sp³-hybridized carbons (Fsp3) is 0.474. The Kier molecular flexibility index (Phi) is 4.80. The molecule has 0 unspecified atom stereocenters. The molecule has 2 heterocycles. The summed E-state index contributed by atoms with van der Waals surface area (Å²) < 4.78 is 7.41. The van der Waals surface area contributed by atoms with Gasteiger partial charge in [0.1, 0.15) is 11.6 Å². The maximum absolute atomic E-state index is 12.8. The molecule has 7 heteroatoms. The standard InChI is InChI=1S/C19H23N3O3S/c1-2-25-14-9-7-12(8-10-14)17-16-18(20-15(23)11-26-17)22(21-19(16)24)13-5-3-4-6-13/h7-10,13,17H,2-6,11H2,1H3,(H,20,23)(H,21,24)/t17-/m1/s1. The second-order valence-corrected chi connectivity index (χ2v) is 7.85. The van der Waals surface area contributed by atoms with E-state index in [-0.39, 0.29) is 22.8 Å². The van der Waals surface area contributed by atoms with E-state index >= 15 is 0 Å². The van der Waals surface area contributed by atoms with Gasteiger partial charge in [-0.1, -0.05) is 25.0 Å². The van der Waals surface area contributed by atoms with Crippen LogP contribution in [-0.4, -0.2) is 28.0 Å². The van der Waals surface area contributed by atoms with Gasteiger partial charge in [-0.3, -0.25) is 19.4 Å². The third kappa shape index (κ3) is 3.16. The summed E-state index contributed by atoms with van der Waals surface area (Å²) in [4.78, 5) is 25.0. The number of H-pyrrole nitrogens is 1. The molecule has 1 fully saturated rings. The van der Waals surface area contributed by atoms with Gasteiger partial charge in [0.05, 0.1) is 29.2 Å². The third-order valence-corrected chi connectivity index (χ3v) is 6.32. The predicted octanol–water partition coefficient (Wildman–Crippen LogP) is 3.46. The average Bonchev–Trinajstić information content (AvgIpc) is 3.22. The number of rotatable bonds is 4. The van der Waals surface area contributed by atoms with Gasteiger partial charge in [0.2, 0.25) is 5.91 Å². The molecule has 0 bridgehead atoms. The first kappa shape index (κ1) is 17.3. The van der Waals surface area contributed by atoms with Gasteiger partial charge in [-0.2, -0.15) is 0 Å². The van der Waals surface area contributed by atoms with Crippen molar-refractivity contribution in [1.29, 1.82) is 0 Å². The van der Waals surface area contributed by atoms with Crippen LogP contribution in [0.15, 0.2) is 29.1 Å². The number of anilines is 1. The number of hydrogen-bond acceptors (Lipinski definition) is 4.